The first kappa shape index (κ1) is 14.9. The smallest absolute Gasteiger partial charge is 0.175 e. The zero-order valence-corrected chi connectivity index (χ0v) is 12.9. The maximum Gasteiger partial charge on any atom is 0.175 e. The van der Waals surface area contributed by atoms with Crippen molar-refractivity contribution in [1.29, 1.82) is 5.26 Å². The number of benzene rings is 1. The van der Waals surface area contributed by atoms with Crippen molar-refractivity contribution in [2.75, 3.05) is 13.2 Å². The minimum absolute atomic E-state index is 0.0228. The highest BCUT2D eigenvalue weighted by molar-refractivity contribution is 9.10. The first-order chi connectivity index (χ1) is 9.67. The highest BCUT2D eigenvalue weighted by Gasteiger charge is 2.22. The molecule has 0 N–H and O–H groups in total. The summed E-state index contributed by atoms with van der Waals surface area (Å²) in [4.78, 5) is 12.4. The van der Waals surface area contributed by atoms with Crippen molar-refractivity contribution < 1.29 is 14.3 Å². The summed E-state index contributed by atoms with van der Waals surface area (Å²) in [6.07, 6.45) is 1.70. The highest BCUT2D eigenvalue weighted by Crippen LogP contribution is 2.38. The van der Waals surface area contributed by atoms with Crippen molar-refractivity contribution in [2.24, 2.45) is 5.92 Å². The Morgan fingerprint density at radius 3 is 2.90 bits per heavy atom. The van der Waals surface area contributed by atoms with E-state index in [1.165, 1.54) is 0 Å². The molecule has 1 unspecified atom stereocenters. The SMILES string of the molecule is CCC(CC#N)C(=O)c1cc(Br)c2c(c1)OCCCO2. The van der Waals surface area contributed by atoms with Gasteiger partial charge in [-0.15, -0.1) is 0 Å². The third-order valence-electron chi connectivity index (χ3n) is 3.29. The molecule has 20 heavy (non-hydrogen) atoms. The number of nitrogens with zero attached hydrogens (tertiary/aromatic N) is 1. The summed E-state index contributed by atoms with van der Waals surface area (Å²) in [5.74, 6) is 0.946. The number of halogens is 1. The lowest BCUT2D eigenvalue weighted by Crippen LogP contribution is -2.13. The predicted octanol–water partition coefficient (Wildman–Crippen LogP) is 3.73. The number of rotatable bonds is 4. The van der Waals surface area contributed by atoms with Crippen LogP contribution in [-0.2, 0) is 0 Å². The van der Waals surface area contributed by atoms with Crippen LogP contribution in [-0.4, -0.2) is 19.0 Å². The second-order valence-corrected chi connectivity index (χ2v) is 5.52. The minimum Gasteiger partial charge on any atom is -0.489 e. The van der Waals surface area contributed by atoms with Gasteiger partial charge >= 0.3 is 0 Å². The number of fused-ring (bicyclic) bond motifs is 1. The lowest BCUT2D eigenvalue weighted by Gasteiger charge is -2.14. The number of hydrogen-bond donors (Lipinski definition) is 0. The monoisotopic (exact) mass is 337 g/mol. The van der Waals surface area contributed by atoms with Crippen LogP contribution >= 0.6 is 15.9 Å². The quantitative estimate of drug-likeness (QED) is 0.785. The summed E-state index contributed by atoms with van der Waals surface area (Å²) in [7, 11) is 0. The number of nitriles is 1. The van der Waals surface area contributed by atoms with Gasteiger partial charge in [-0.05, 0) is 34.5 Å². The minimum atomic E-state index is -0.267. The van der Waals surface area contributed by atoms with E-state index >= 15 is 0 Å². The van der Waals surface area contributed by atoms with Crippen LogP contribution < -0.4 is 9.47 Å². The fraction of sp³-hybridized carbons (Fsp3) is 0.467. The van der Waals surface area contributed by atoms with Crippen molar-refractivity contribution >= 4 is 21.7 Å². The Kier molecular flexibility index (Phi) is 5.02. The Morgan fingerprint density at radius 2 is 2.20 bits per heavy atom. The summed E-state index contributed by atoms with van der Waals surface area (Å²) >= 11 is 3.42. The van der Waals surface area contributed by atoms with Crippen molar-refractivity contribution in [3.8, 4) is 17.6 Å². The van der Waals surface area contributed by atoms with Crippen molar-refractivity contribution in [1.82, 2.24) is 0 Å². The Balaban J connectivity index is 2.34. The highest BCUT2D eigenvalue weighted by atomic mass is 79.9. The first-order valence-corrected chi connectivity index (χ1v) is 7.47. The fourth-order valence-electron chi connectivity index (χ4n) is 2.14. The largest absolute Gasteiger partial charge is 0.489 e. The lowest BCUT2D eigenvalue weighted by atomic mass is 9.93. The van der Waals surface area contributed by atoms with Crippen LogP contribution in [0.4, 0.5) is 0 Å². The maximum atomic E-state index is 12.4. The van der Waals surface area contributed by atoms with Crippen LogP contribution in [0.5, 0.6) is 11.5 Å². The molecule has 4 nitrogen and oxygen atoms in total. The Bertz CT molecular complexity index is 551. The zero-order valence-electron chi connectivity index (χ0n) is 11.3. The molecule has 5 heteroatoms. The van der Waals surface area contributed by atoms with Gasteiger partial charge in [0.25, 0.3) is 0 Å². The van der Waals surface area contributed by atoms with E-state index in [1.807, 2.05) is 6.92 Å². The molecule has 2 rings (SSSR count). The van der Waals surface area contributed by atoms with E-state index in [4.69, 9.17) is 14.7 Å². The molecule has 0 spiro atoms. The molecule has 0 bridgehead atoms. The summed E-state index contributed by atoms with van der Waals surface area (Å²) in [5.41, 5.74) is 0.559. The van der Waals surface area contributed by atoms with E-state index in [-0.39, 0.29) is 18.1 Å². The average Bonchev–Trinajstić information content (AvgIpc) is 2.69. The molecule has 0 saturated heterocycles. The molecule has 106 valence electrons. The molecule has 0 radical (unpaired) electrons. The molecular weight excluding hydrogens is 322 g/mol. The number of ketones is 1. The van der Waals surface area contributed by atoms with E-state index in [1.54, 1.807) is 12.1 Å². The number of carbonyl (C=O) groups is 1. The van der Waals surface area contributed by atoms with Crippen molar-refractivity contribution in [3.05, 3.63) is 22.2 Å². The van der Waals surface area contributed by atoms with Crippen LogP contribution in [0.1, 0.15) is 36.5 Å². The van der Waals surface area contributed by atoms with Crippen molar-refractivity contribution in [2.45, 2.75) is 26.2 Å². The third-order valence-corrected chi connectivity index (χ3v) is 3.88. The van der Waals surface area contributed by atoms with Crippen LogP contribution in [0, 0.1) is 17.2 Å². The summed E-state index contributed by atoms with van der Waals surface area (Å²) in [6.45, 7) is 3.09. The maximum absolute atomic E-state index is 12.4. The molecule has 0 aliphatic carbocycles. The zero-order chi connectivity index (χ0) is 14.5. The molecule has 0 amide bonds. The van der Waals surface area contributed by atoms with Crippen LogP contribution in [0.25, 0.3) is 0 Å². The Hall–Kier alpha value is -1.54. The van der Waals surface area contributed by atoms with Gasteiger partial charge in [0, 0.05) is 24.3 Å². The van der Waals surface area contributed by atoms with Crippen LogP contribution in [0.15, 0.2) is 16.6 Å². The van der Waals surface area contributed by atoms with E-state index in [9.17, 15) is 4.79 Å². The van der Waals surface area contributed by atoms with Gasteiger partial charge in [0.1, 0.15) is 0 Å². The van der Waals surface area contributed by atoms with Crippen molar-refractivity contribution in [3.63, 3.8) is 0 Å². The average molecular weight is 338 g/mol. The molecule has 1 heterocycles. The second kappa shape index (κ2) is 6.76. The van der Waals surface area contributed by atoms with Crippen LogP contribution in [0.2, 0.25) is 0 Å². The summed E-state index contributed by atoms with van der Waals surface area (Å²) in [5, 5.41) is 8.79. The molecular formula is C15H16BrNO3. The fourth-order valence-corrected chi connectivity index (χ4v) is 2.70. The van der Waals surface area contributed by atoms with Gasteiger partial charge in [-0.25, -0.2) is 0 Å². The van der Waals surface area contributed by atoms with E-state index < -0.39 is 0 Å². The predicted molar refractivity (Wildman–Crippen MR) is 78.1 cm³/mol. The molecule has 1 aliphatic heterocycles. The topological polar surface area (TPSA) is 59.3 Å². The van der Waals surface area contributed by atoms with Crippen LogP contribution in [0.3, 0.4) is 0 Å². The normalized spacial score (nSPS) is 15.1. The van der Waals surface area contributed by atoms with Gasteiger partial charge in [-0.1, -0.05) is 6.92 Å². The van der Waals surface area contributed by atoms with Gasteiger partial charge in [-0.2, -0.15) is 5.26 Å². The number of ether oxygens (including phenoxy) is 2. The Labute approximate surface area is 126 Å². The molecule has 1 aromatic carbocycles. The van der Waals surface area contributed by atoms with Gasteiger partial charge in [-0.3, -0.25) is 4.79 Å². The summed E-state index contributed by atoms with van der Waals surface area (Å²) < 4.78 is 11.9. The molecule has 1 atom stereocenters. The van der Waals surface area contributed by atoms with Gasteiger partial charge < -0.3 is 9.47 Å². The Morgan fingerprint density at radius 1 is 1.45 bits per heavy atom. The molecule has 1 aromatic rings. The number of carbonyl (C=O) groups excluding carboxylic acids is 1. The van der Waals surface area contributed by atoms with Gasteiger partial charge in [0.2, 0.25) is 0 Å². The van der Waals surface area contributed by atoms with E-state index in [0.29, 0.717) is 41.2 Å². The lowest BCUT2D eigenvalue weighted by molar-refractivity contribution is 0.0918. The number of hydrogen-bond acceptors (Lipinski definition) is 4. The molecule has 0 aromatic heterocycles. The van der Waals surface area contributed by atoms with Gasteiger partial charge in [0.05, 0.1) is 23.8 Å². The second-order valence-electron chi connectivity index (χ2n) is 4.67. The van der Waals surface area contributed by atoms with E-state index in [0.717, 1.165) is 6.42 Å². The summed E-state index contributed by atoms with van der Waals surface area (Å²) in [6, 6.07) is 5.53. The standard InChI is InChI=1S/C15H16BrNO3/c1-2-10(4-5-17)14(18)11-8-12(16)15-13(9-11)19-6-3-7-20-15/h8-10H,2-4,6-7H2,1H3. The number of Topliss-reactive ketones (excluding diaryl/α,β-unsaturated/α-hetero) is 1. The first-order valence-electron chi connectivity index (χ1n) is 6.67. The van der Waals surface area contributed by atoms with E-state index in [2.05, 4.69) is 22.0 Å². The third kappa shape index (κ3) is 3.13. The molecule has 0 saturated carbocycles. The molecule has 1 aliphatic rings. The molecule has 0 fully saturated rings. The van der Waals surface area contributed by atoms with Gasteiger partial charge in [0.15, 0.2) is 17.3 Å².